The Bertz CT molecular complexity index is 896. The molecule has 31 heavy (non-hydrogen) atoms. The van der Waals surface area contributed by atoms with Gasteiger partial charge >= 0.3 is 11.9 Å². The smallest absolute Gasteiger partial charge is 0.337 e. The average molecular weight is 531 g/mol. The molecule has 0 spiro atoms. The molecule has 1 N–H and O–H groups in total. The summed E-state index contributed by atoms with van der Waals surface area (Å²) >= 11 is 5.84. The maximum atomic E-state index is 12.9. The van der Waals surface area contributed by atoms with Gasteiger partial charge in [0, 0.05) is 10.2 Å². The summed E-state index contributed by atoms with van der Waals surface area (Å²) in [5.74, 6) is -2.11. The summed E-state index contributed by atoms with van der Waals surface area (Å²) in [4.78, 5) is 52.9. The summed E-state index contributed by atoms with van der Waals surface area (Å²) in [6.45, 7) is 5.24. The second-order valence-corrected chi connectivity index (χ2v) is 10.7. The molecule has 0 aliphatic carbocycles. The van der Waals surface area contributed by atoms with Crippen LogP contribution in [0.15, 0.2) is 28.5 Å². The molecule has 2 unspecified atom stereocenters. The molecule has 2 aliphatic heterocycles. The van der Waals surface area contributed by atoms with E-state index in [-0.39, 0.29) is 24.5 Å². The highest BCUT2D eigenvalue weighted by Gasteiger charge is 2.57. The summed E-state index contributed by atoms with van der Waals surface area (Å²) in [5, 5.41) is 6.08. The highest BCUT2D eigenvalue weighted by Crippen LogP contribution is 2.41. The number of thiophene rings is 1. The first-order valence-electron chi connectivity index (χ1n) is 9.58. The number of fused-ring (bicyclic) bond motifs is 1. The standard InChI is InChI=1S/C20H23BrN2O6S2/c1-20(2,3)29-19(27)15-12(18(26)28-7-6-21)10-31-17-14(16(25)23(15)17)22-13(24)9-11-5-4-8-30-11/h4-5,8,10,14-15,17H,6-7,9H2,1-3H3,(H,22,24)/t14?,15?,17-/m0/s1. The second kappa shape index (κ2) is 9.74. The molecule has 168 valence electrons. The van der Waals surface area contributed by atoms with Gasteiger partial charge in [0.1, 0.15) is 23.6 Å². The fourth-order valence-electron chi connectivity index (χ4n) is 3.16. The van der Waals surface area contributed by atoms with Gasteiger partial charge in [-0.05, 0) is 37.6 Å². The van der Waals surface area contributed by atoms with Crippen molar-refractivity contribution in [1.82, 2.24) is 10.2 Å². The van der Waals surface area contributed by atoms with Crippen molar-refractivity contribution in [2.24, 2.45) is 0 Å². The van der Waals surface area contributed by atoms with Crippen LogP contribution in [0.2, 0.25) is 0 Å². The Morgan fingerprint density at radius 2 is 2.03 bits per heavy atom. The van der Waals surface area contributed by atoms with Crippen molar-refractivity contribution in [3.8, 4) is 0 Å². The van der Waals surface area contributed by atoms with Crippen molar-refractivity contribution in [1.29, 1.82) is 0 Å². The quantitative estimate of drug-likeness (QED) is 0.327. The lowest BCUT2D eigenvalue weighted by atomic mass is 9.97. The Hall–Kier alpha value is -1.85. The van der Waals surface area contributed by atoms with Gasteiger partial charge in [-0.15, -0.1) is 23.1 Å². The topological polar surface area (TPSA) is 102 Å². The number of hydrogen-bond donors (Lipinski definition) is 1. The van der Waals surface area contributed by atoms with Gasteiger partial charge in [-0.1, -0.05) is 22.0 Å². The first kappa shape index (κ1) is 23.8. The van der Waals surface area contributed by atoms with Crippen molar-refractivity contribution in [2.45, 2.75) is 50.3 Å². The average Bonchev–Trinajstić information content (AvgIpc) is 3.20. The predicted molar refractivity (Wildman–Crippen MR) is 121 cm³/mol. The normalized spacial score (nSPS) is 22.7. The molecule has 1 aromatic rings. The van der Waals surface area contributed by atoms with E-state index in [9.17, 15) is 19.2 Å². The molecule has 11 heteroatoms. The molecule has 0 aromatic carbocycles. The number of nitrogens with one attached hydrogen (secondary N) is 1. The monoisotopic (exact) mass is 530 g/mol. The molecule has 1 aromatic heterocycles. The first-order chi connectivity index (χ1) is 14.6. The number of hydrogen-bond acceptors (Lipinski definition) is 8. The Morgan fingerprint density at radius 1 is 1.29 bits per heavy atom. The molecular formula is C20H23BrN2O6S2. The van der Waals surface area contributed by atoms with E-state index in [4.69, 9.17) is 9.47 Å². The summed E-state index contributed by atoms with van der Waals surface area (Å²) in [6, 6.07) is 1.71. The van der Waals surface area contributed by atoms with Gasteiger partial charge in [0.15, 0.2) is 6.04 Å². The summed E-state index contributed by atoms with van der Waals surface area (Å²) in [5.41, 5.74) is -0.752. The van der Waals surface area contributed by atoms with Crippen LogP contribution in [0.25, 0.3) is 0 Å². The third kappa shape index (κ3) is 5.50. The summed E-state index contributed by atoms with van der Waals surface area (Å²) in [7, 11) is 0. The van der Waals surface area contributed by atoms with Gasteiger partial charge in [0.25, 0.3) is 0 Å². The minimum Gasteiger partial charge on any atom is -0.461 e. The van der Waals surface area contributed by atoms with Gasteiger partial charge in [0.05, 0.1) is 12.0 Å². The van der Waals surface area contributed by atoms with E-state index in [1.807, 2.05) is 17.5 Å². The van der Waals surface area contributed by atoms with E-state index in [1.54, 1.807) is 20.8 Å². The van der Waals surface area contributed by atoms with E-state index in [2.05, 4.69) is 21.2 Å². The first-order valence-corrected chi connectivity index (χ1v) is 12.5. The molecule has 1 fully saturated rings. The van der Waals surface area contributed by atoms with Gasteiger partial charge in [-0.3, -0.25) is 9.59 Å². The number of carbonyl (C=O) groups excluding carboxylic acids is 4. The van der Waals surface area contributed by atoms with Crippen LogP contribution in [0, 0.1) is 0 Å². The largest absolute Gasteiger partial charge is 0.461 e. The van der Waals surface area contributed by atoms with Crippen molar-refractivity contribution in [3.05, 3.63) is 33.4 Å². The number of β-lactam (4-membered cyclic amide) rings is 1. The molecule has 2 amide bonds. The highest BCUT2D eigenvalue weighted by molar-refractivity contribution is 9.09. The molecule has 0 radical (unpaired) electrons. The van der Waals surface area contributed by atoms with Crippen LogP contribution in [0.1, 0.15) is 25.6 Å². The fourth-order valence-corrected chi connectivity index (χ4v) is 5.24. The Labute approximate surface area is 196 Å². The summed E-state index contributed by atoms with van der Waals surface area (Å²) < 4.78 is 10.6. The van der Waals surface area contributed by atoms with E-state index < -0.39 is 40.9 Å². The molecule has 1 saturated heterocycles. The number of alkyl halides is 1. The van der Waals surface area contributed by atoms with Crippen molar-refractivity contribution >= 4 is 62.8 Å². The molecule has 3 heterocycles. The van der Waals surface area contributed by atoms with Gasteiger partial charge in [0.2, 0.25) is 11.8 Å². The van der Waals surface area contributed by atoms with Crippen LogP contribution < -0.4 is 5.32 Å². The summed E-state index contributed by atoms with van der Waals surface area (Å²) in [6.07, 6.45) is 0.175. The van der Waals surface area contributed by atoms with E-state index >= 15 is 0 Å². The van der Waals surface area contributed by atoms with Gasteiger partial charge < -0.3 is 19.7 Å². The van der Waals surface area contributed by atoms with Crippen molar-refractivity contribution in [2.75, 3.05) is 11.9 Å². The third-order valence-electron chi connectivity index (χ3n) is 4.39. The van der Waals surface area contributed by atoms with Gasteiger partial charge in [-0.2, -0.15) is 0 Å². The fraction of sp³-hybridized carbons (Fsp3) is 0.500. The SMILES string of the molecule is CC(C)(C)OC(=O)C1C(C(=O)OCCBr)=CS[C@H]2C(NC(=O)Cc3cccs3)C(=O)N12. The lowest BCUT2D eigenvalue weighted by molar-refractivity contribution is -0.171. The zero-order valence-electron chi connectivity index (χ0n) is 17.3. The number of halogens is 1. The van der Waals surface area contributed by atoms with Crippen LogP contribution in [-0.4, -0.2) is 63.6 Å². The third-order valence-corrected chi connectivity index (χ3v) is 6.76. The van der Waals surface area contributed by atoms with Crippen LogP contribution >= 0.6 is 39.0 Å². The molecule has 3 atom stereocenters. The van der Waals surface area contributed by atoms with Crippen LogP contribution in [0.3, 0.4) is 0 Å². The number of esters is 2. The zero-order chi connectivity index (χ0) is 22.8. The molecule has 2 aliphatic rings. The second-order valence-electron chi connectivity index (χ2n) is 7.91. The number of ether oxygens (including phenoxy) is 2. The Morgan fingerprint density at radius 3 is 2.65 bits per heavy atom. The zero-order valence-corrected chi connectivity index (χ0v) is 20.5. The Kier molecular flexibility index (Phi) is 7.48. The molecule has 0 saturated carbocycles. The predicted octanol–water partition coefficient (Wildman–Crippen LogP) is 2.22. The minimum absolute atomic E-state index is 0.0492. The van der Waals surface area contributed by atoms with Crippen LogP contribution in [-0.2, 0) is 35.1 Å². The highest BCUT2D eigenvalue weighted by atomic mass is 79.9. The van der Waals surface area contributed by atoms with E-state index in [0.717, 1.165) is 4.88 Å². The van der Waals surface area contributed by atoms with Crippen LogP contribution in [0.5, 0.6) is 0 Å². The number of carbonyl (C=O) groups is 4. The molecule has 8 nitrogen and oxygen atoms in total. The van der Waals surface area contributed by atoms with Crippen molar-refractivity contribution in [3.63, 3.8) is 0 Å². The molecular weight excluding hydrogens is 508 g/mol. The number of thioether (sulfide) groups is 1. The van der Waals surface area contributed by atoms with Gasteiger partial charge in [-0.25, -0.2) is 9.59 Å². The van der Waals surface area contributed by atoms with Crippen molar-refractivity contribution < 1.29 is 28.7 Å². The molecule has 3 rings (SSSR count). The maximum absolute atomic E-state index is 12.9. The lowest BCUT2D eigenvalue weighted by Gasteiger charge is -2.51. The molecule has 0 bridgehead atoms. The van der Waals surface area contributed by atoms with E-state index in [0.29, 0.717) is 5.33 Å². The minimum atomic E-state index is -1.22. The number of nitrogens with zero attached hydrogens (tertiary/aromatic N) is 1. The van der Waals surface area contributed by atoms with E-state index in [1.165, 1.54) is 33.4 Å². The number of amides is 2. The maximum Gasteiger partial charge on any atom is 0.337 e. The van der Waals surface area contributed by atoms with Crippen LogP contribution in [0.4, 0.5) is 0 Å². The Balaban J connectivity index is 1.77. The lowest BCUT2D eigenvalue weighted by Crippen LogP contribution is -2.74. The number of rotatable bonds is 7.